The lowest BCUT2D eigenvalue weighted by Gasteiger charge is -2.39. The largest absolute Gasteiger partial charge is 0.453 e. The summed E-state index contributed by atoms with van der Waals surface area (Å²) in [6, 6.07) is 8.74. The van der Waals surface area contributed by atoms with Gasteiger partial charge in [-0.1, -0.05) is 12.8 Å². The number of ether oxygens (including phenoxy) is 1. The zero-order valence-electron chi connectivity index (χ0n) is 21.2. The van der Waals surface area contributed by atoms with Crippen molar-refractivity contribution in [2.75, 3.05) is 18.3 Å². The molecule has 1 amide bonds. The predicted octanol–water partition coefficient (Wildman–Crippen LogP) is 5.33. The Balaban J connectivity index is 0.00000420. The minimum atomic E-state index is -3.26. The van der Waals surface area contributed by atoms with Gasteiger partial charge >= 0.3 is 0 Å². The number of carbonyl (C=O) groups is 1. The Morgan fingerprint density at radius 1 is 1.34 bits per heavy atom. The predicted molar refractivity (Wildman–Crippen MR) is 146 cm³/mol. The van der Waals surface area contributed by atoms with Crippen LogP contribution in [0.2, 0.25) is 0 Å². The highest BCUT2D eigenvalue weighted by atomic mass is 32.3. The molecule has 0 radical (unpaired) electrons. The van der Waals surface area contributed by atoms with Crippen molar-refractivity contribution in [1.82, 2.24) is 14.5 Å². The van der Waals surface area contributed by atoms with Crippen LogP contribution in [0.3, 0.4) is 0 Å². The summed E-state index contributed by atoms with van der Waals surface area (Å²) < 4.78 is 46.0. The summed E-state index contributed by atoms with van der Waals surface area (Å²) in [5, 5.41) is 9.69. The molecule has 0 unspecified atom stereocenters. The van der Waals surface area contributed by atoms with Crippen LogP contribution in [0.5, 0.6) is 11.5 Å². The van der Waals surface area contributed by atoms with Gasteiger partial charge in [-0.2, -0.15) is 5.26 Å². The standard InChI is InChI=1S/C26H30FN5O5S.H2/c1-17(33)31(2)12-5-13-32-16-29-23-10-8-18(14-20(23)26(32)34)37-25-21(15-28)24(11-9-22(25)27)30-38(35,36)19-6-3-4-7-19;/h8-11,14,16,19,30,35-36H,3-7,12-13H2,1-2H3;1H. The van der Waals surface area contributed by atoms with E-state index in [1.807, 2.05) is 6.07 Å². The van der Waals surface area contributed by atoms with E-state index < -0.39 is 22.3 Å². The second-order valence-corrected chi connectivity index (χ2v) is 11.4. The zero-order chi connectivity index (χ0) is 27.4. The SMILES string of the molecule is CC(=O)N(C)CCCn1cnc2ccc(Oc3c(F)ccc(NS(O)(O)C4CCCC4)c3C#N)cc2c1=O.[HH]. The molecule has 0 aliphatic heterocycles. The number of aromatic nitrogens is 2. The molecule has 1 fully saturated rings. The minimum Gasteiger partial charge on any atom is -0.453 e. The lowest BCUT2D eigenvalue weighted by atomic mass is 10.1. The first-order chi connectivity index (χ1) is 18.1. The van der Waals surface area contributed by atoms with Crippen LogP contribution in [-0.2, 0) is 11.3 Å². The lowest BCUT2D eigenvalue weighted by molar-refractivity contribution is -0.127. The number of rotatable bonds is 9. The molecule has 1 aliphatic rings. The molecule has 4 rings (SSSR count). The molecule has 0 atom stereocenters. The van der Waals surface area contributed by atoms with Gasteiger partial charge in [-0.05, 0) is 49.6 Å². The van der Waals surface area contributed by atoms with Crippen molar-refractivity contribution in [3.05, 3.63) is 58.4 Å². The van der Waals surface area contributed by atoms with Crippen molar-refractivity contribution < 1.29 is 24.5 Å². The van der Waals surface area contributed by atoms with E-state index in [0.717, 1.165) is 18.9 Å². The lowest BCUT2D eigenvalue weighted by Crippen LogP contribution is -2.27. The Hall–Kier alpha value is -3.66. The average molecular weight is 546 g/mol. The molecule has 1 aliphatic carbocycles. The van der Waals surface area contributed by atoms with Crippen molar-refractivity contribution in [2.24, 2.45) is 0 Å². The number of benzene rings is 2. The highest BCUT2D eigenvalue weighted by Crippen LogP contribution is 2.51. The summed E-state index contributed by atoms with van der Waals surface area (Å²) in [6.45, 7) is 2.30. The van der Waals surface area contributed by atoms with Gasteiger partial charge in [0.05, 0.1) is 28.2 Å². The highest BCUT2D eigenvalue weighted by Gasteiger charge is 2.30. The van der Waals surface area contributed by atoms with Gasteiger partial charge in [0.1, 0.15) is 17.4 Å². The molecule has 1 aromatic heterocycles. The molecule has 0 saturated heterocycles. The molecule has 12 heteroatoms. The van der Waals surface area contributed by atoms with E-state index in [-0.39, 0.29) is 40.5 Å². The van der Waals surface area contributed by atoms with Crippen LogP contribution in [-0.4, -0.2) is 48.3 Å². The van der Waals surface area contributed by atoms with Crippen molar-refractivity contribution >= 4 is 33.3 Å². The van der Waals surface area contributed by atoms with Gasteiger partial charge in [0, 0.05) is 28.5 Å². The molecule has 1 saturated carbocycles. The van der Waals surface area contributed by atoms with Crippen LogP contribution < -0.4 is 15.0 Å². The van der Waals surface area contributed by atoms with Crippen molar-refractivity contribution in [3.8, 4) is 17.6 Å². The summed E-state index contributed by atoms with van der Waals surface area (Å²) in [5.41, 5.74) is -0.0772. The van der Waals surface area contributed by atoms with E-state index in [4.69, 9.17) is 4.74 Å². The highest BCUT2D eigenvalue weighted by molar-refractivity contribution is 8.25. The van der Waals surface area contributed by atoms with E-state index in [1.54, 1.807) is 18.0 Å². The van der Waals surface area contributed by atoms with Crippen LogP contribution in [0.25, 0.3) is 10.9 Å². The first-order valence-electron chi connectivity index (χ1n) is 12.3. The van der Waals surface area contributed by atoms with Crippen molar-refractivity contribution in [2.45, 2.75) is 50.8 Å². The molecule has 1 heterocycles. The summed E-state index contributed by atoms with van der Waals surface area (Å²) in [5.74, 6) is -1.17. The number of nitrogens with zero attached hydrogens (tertiary/aromatic N) is 4. The molecule has 0 spiro atoms. The minimum absolute atomic E-state index is 0. The van der Waals surface area contributed by atoms with E-state index in [2.05, 4.69) is 9.71 Å². The topological polar surface area (TPSA) is 141 Å². The van der Waals surface area contributed by atoms with Crippen molar-refractivity contribution in [3.63, 3.8) is 0 Å². The Kier molecular flexibility index (Phi) is 8.20. The van der Waals surface area contributed by atoms with Crippen LogP contribution in [0, 0.1) is 17.1 Å². The van der Waals surface area contributed by atoms with Crippen LogP contribution in [0.15, 0.2) is 41.5 Å². The first-order valence-corrected chi connectivity index (χ1v) is 13.9. The molecule has 10 nitrogen and oxygen atoms in total. The van der Waals surface area contributed by atoms with Gasteiger partial charge in [0.25, 0.3) is 5.56 Å². The summed E-state index contributed by atoms with van der Waals surface area (Å²) in [4.78, 5) is 30.3. The van der Waals surface area contributed by atoms with Gasteiger partial charge in [-0.25, -0.2) is 9.37 Å². The third kappa shape index (κ3) is 5.91. The second-order valence-electron chi connectivity index (χ2n) is 9.33. The summed E-state index contributed by atoms with van der Waals surface area (Å²) in [7, 11) is -1.57. The third-order valence-electron chi connectivity index (χ3n) is 6.69. The van der Waals surface area contributed by atoms with Gasteiger partial charge in [0.15, 0.2) is 11.6 Å². The number of nitrogens with one attached hydrogen (secondary N) is 1. The second kappa shape index (κ2) is 11.4. The van der Waals surface area contributed by atoms with Gasteiger partial charge in [-0.3, -0.25) is 28.0 Å². The first kappa shape index (κ1) is 27.4. The molecule has 0 bridgehead atoms. The summed E-state index contributed by atoms with van der Waals surface area (Å²) >= 11 is 0. The fraction of sp³-hybridized carbons (Fsp3) is 0.385. The summed E-state index contributed by atoms with van der Waals surface area (Å²) in [6.07, 6.45) is 5.06. The quantitative estimate of drug-likeness (QED) is 0.327. The average Bonchev–Trinajstić information content (AvgIpc) is 3.44. The van der Waals surface area contributed by atoms with E-state index >= 15 is 0 Å². The zero-order valence-corrected chi connectivity index (χ0v) is 22.0. The smallest absolute Gasteiger partial charge is 0.261 e. The third-order valence-corrected chi connectivity index (χ3v) is 8.62. The number of fused-ring (bicyclic) bond motifs is 1. The molecular formula is C26H32FN5O5S. The normalized spacial score (nSPS) is 14.3. The van der Waals surface area contributed by atoms with Crippen LogP contribution >= 0.6 is 10.8 Å². The van der Waals surface area contributed by atoms with Crippen molar-refractivity contribution in [1.29, 1.82) is 5.26 Å². The number of amides is 1. The van der Waals surface area contributed by atoms with E-state index in [9.17, 15) is 28.3 Å². The molecule has 3 aromatic rings. The number of hydrogen-bond donors (Lipinski definition) is 3. The maximum Gasteiger partial charge on any atom is 0.261 e. The number of carbonyl (C=O) groups excluding carboxylic acids is 1. The molecule has 3 N–H and O–H groups in total. The molecular weight excluding hydrogens is 513 g/mol. The van der Waals surface area contributed by atoms with E-state index in [0.29, 0.717) is 37.9 Å². The maximum absolute atomic E-state index is 14.8. The number of aryl methyl sites for hydroxylation is 1. The molecule has 204 valence electrons. The Morgan fingerprint density at radius 2 is 2.08 bits per heavy atom. The molecule has 38 heavy (non-hydrogen) atoms. The van der Waals surface area contributed by atoms with Crippen LogP contribution in [0.1, 0.15) is 46.0 Å². The monoisotopic (exact) mass is 545 g/mol. The maximum atomic E-state index is 14.8. The fourth-order valence-corrected chi connectivity index (χ4v) is 6.08. The van der Waals surface area contributed by atoms with E-state index in [1.165, 1.54) is 36.0 Å². The van der Waals surface area contributed by atoms with Gasteiger partial charge < -0.3 is 9.64 Å². The van der Waals surface area contributed by atoms with Crippen LogP contribution in [0.4, 0.5) is 10.1 Å². The Morgan fingerprint density at radius 3 is 2.76 bits per heavy atom. The Labute approximate surface area is 222 Å². The van der Waals surface area contributed by atoms with Gasteiger partial charge in [-0.15, -0.1) is 10.8 Å². The number of anilines is 1. The van der Waals surface area contributed by atoms with Gasteiger partial charge in [0.2, 0.25) is 5.91 Å². The number of halogens is 1. The fourth-order valence-electron chi connectivity index (χ4n) is 4.43. The number of hydrogen-bond acceptors (Lipinski definition) is 8. The number of nitriles is 1. The Bertz CT molecular complexity index is 1460. The molecule has 2 aromatic carbocycles.